The second-order valence-electron chi connectivity index (χ2n) is 6.41. The molecule has 1 amide bonds. The molecule has 0 spiro atoms. The van der Waals surface area contributed by atoms with Gasteiger partial charge in [0.2, 0.25) is 0 Å². The predicted octanol–water partition coefficient (Wildman–Crippen LogP) is 2.53. The van der Waals surface area contributed by atoms with Gasteiger partial charge in [-0.1, -0.05) is 31.9 Å². The van der Waals surface area contributed by atoms with Gasteiger partial charge in [-0.05, 0) is 31.0 Å². The number of nitrogen functional groups attached to an aromatic ring is 1. The predicted molar refractivity (Wildman–Crippen MR) is 110 cm³/mol. The summed E-state index contributed by atoms with van der Waals surface area (Å²) < 4.78 is 19.8. The molecule has 3 N–H and O–H groups in total. The largest absolute Gasteiger partial charge is 0.482 e. The molecule has 2 rings (SSSR count). The Hall–Kier alpha value is -2.81. The lowest BCUT2D eigenvalue weighted by atomic mass is 10.2. The Morgan fingerprint density at radius 3 is 2.66 bits per heavy atom. The van der Waals surface area contributed by atoms with Crippen molar-refractivity contribution >= 4 is 29.0 Å². The number of carbonyl (C=O) groups is 1. The average molecular weight is 427 g/mol. The van der Waals surface area contributed by atoms with E-state index in [9.17, 15) is 18.8 Å². The molecule has 0 saturated carbocycles. The van der Waals surface area contributed by atoms with Crippen LogP contribution in [0, 0.1) is 5.82 Å². The molecule has 1 aromatic heterocycles. The minimum absolute atomic E-state index is 0.0202. The molecule has 0 aliphatic carbocycles. The van der Waals surface area contributed by atoms with Crippen LogP contribution >= 0.6 is 11.6 Å². The second kappa shape index (κ2) is 10.1. The van der Waals surface area contributed by atoms with Gasteiger partial charge in [0, 0.05) is 13.1 Å². The maximum absolute atomic E-state index is 13.2. The van der Waals surface area contributed by atoms with Gasteiger partial charge in [0.15, 0.2) is 12.3 Å². The number of amides is 1. The van der Waals surface area contributed by atoms with Crippen molar-refractivity contribution in [2.24, 2.45) is 0 Å². The number of carbonyl (C=O) groups excluding carboxylic acids is 1. The number of aromatic amines is 1. The van der Waals surface area contributed by atoms with Crippen LogP contribution in [0.3, 0.4) is 0 Å². The monoisotopic (exact) mass is 426 g/mol. The van der Waals surface area contributed by atoms with Gasteiger partial charge in [0.25, 0.3) is 11.5 Å². The number of hydrogen-bond donors (Lipinski definition) is 2. The zero-order valence-electron chi connectivity index (χ0n) is 16.3. The van der Waals surface area contributed by atoms with Gasteiger partial charge < -0.3 is 15.4 Å². The summed E-state index contributed by atoms with van der Waals surface area (Å²) in [5.74, 6) is -1.02. The third-order valence-corrected chi connectivity index (χ3v) is 4.51. The molecule has 8 nitrogen and oxygen atoms in total. The third-order valence-electron chi connectivity index (χ3n) is 4.21. The summed E-state index contributed by atoms with van der Waals surface area (Å²) in [5.41, 5.74) is 4.61. The first-order valence-electron chi connectivity index (χ1n) is 9.30. The summed E-state index contributed by atoms with van der Waals surface area (Å²) in [7, 11) is 0. The maximum Gasteiger partial charge on any atom is 0.330 e. The number of aromatic nitrogens is 2. The van der Waals surface area contributed by atoms with Crippen LogP contribution in [-0.2, 0) is 11.3 Å². The quantitative estimate of drug-likeness (QED) is 0.640. The summed E-state index contributed by atoms with van der Waals surface area (Å²) >= 11 is 5.91. The van der Waals surface area contributed by atoms with E-state index in [1.54, 1.807) is 0 Å². The molecule has 0 unspecified atom stereocenters. The minimum atomic E-state index is -0.746. The fourth-order valence-electron chi connectivity index (χ4n) is 2.77. The zero-order chi connectivity index (χ0) is 21.6. The minimum Gasteiger partial charge on any atom is -0.482 e. The Morgan fingerprint density at radius 2 is 2.03 bits per heavy atom. The number of rotatable bonds is 9. The molecule has 29 heavy (non-hydrogen) atoms. The highest BCUT2D eigenvalue weighted by atomic mass is 35.5. The first kappa shape index (κ1) is 22.5. The third kappa shape index (κ3) is 5.38. The fourth-order valence-corrected chi connectivity index (χ4v) is 2.99. The van der Waals surface area contributed by atoms with Gasteiger partial charge in [0.1, 0.15) is 17.4 Å². The number of nitrogens with two attached hydrogens (primary N) is 1. The lowest BCUT2D eigenvalue weighted by molar-refractivity contribution is -0.120. The lowest BCUT2D eigenvalue weighted by Gasteiger charge is -2.24. The number of nitrogens with one attached hydrogen (secondary N) is 1. The van der Waals surface area contributed by atoms with Gasteiger partial charge >= 0.3 is 5.69 Å². The Balaban J connectivity index is 2.36. The highest BCUT2D eigenvalue weighted by Gasteiger charge is 2.24. The number of nitrogens with zero attached hydrogens (tertiary/aromatic N) is 2. The standard InChI is InChI=1S/C19H24ClFN4O4/c1-3-5-9-24(15(26)11-29-14-7-6-12(21)10-13(14)20)16-17(22)25(8-4-2)19(28)23-18(16)27/h6-7,10H,3-5,8-9,11,22H2,1-2H3,(H,23,27,28). The lowest BCUT2D eigenvalue weighted by Crippen LogP contribution is -2.43. The molecule has 10 heteroatoms. The van der Waals surface area contributed by atoms with Crippen molar-refractivity contribution in [2.45, 2.75) is 39.7 Å². The van der Waals surface area contributed by atoms with E-state index in [4.69, 9.17) is 22.1 Å². The van der Waals surface area contributed by atoms with E-state index in [1.807, 2.05) is 13.8 Å². The van der Waals surface area contributed by atoms with Crippen LogP contribution in [0.2, 0.25) is 5.02 Å². The van der Waals surface area contributed by atoms with Gasteiger partial charge in [0.05, 0.1) is 5.02 Å². The summed E-state index contributed by atoms with van der Waals surface area (Å²) in [4.78, 5) is 40.8. The van der Waals surface area contributed by atoms with E-state index in [0.29, 0.717) is 19.4 Å². The second-order valence-corrected chi connectivity index (χ2v) is 6.81. The van der Waals surface area contributed by atoms with E-state index in [1.165, 1.54) is 15.5 Å². The molecule has 0 saturated heterocycles. The Labute approximate surface area is 172 Å². The van der Waals surface area contributed by atoms with Crippen LogP contribution in [0.15, 0.2) is 27.8 Å². The van der Waals surface area contributed by atoms with Crippen molar-refractivity contribution in [2.75, 3.05) is 23.8 Å². The Bertz CT molecular complexity index is 989. The molecule has 0 aliphatic rings. The topological polar surface area (TPSA) is 110 Å². The average Bonchev–Trinajstić information content (AvgIpc) is 2.66. The first-order chi connectivity index (χ1) is 13.8. The van der Waals surface area contributed by atoms with Gasteiger partial charge in [-0.15, -0.1) is 0 Å². The highest BCUT2D eigenvalue weighted by molar-refractivity contribution is 6.32. The molecular formula is C19H24ClFN4O4. The van der Waals surface area contributed by atoms with Crippen LogP contribution in [0.25, 0.3) is 0 Å². The molecule has 0 aliphatic heterocycles. The first-order valence-corrected chi connectivity index (χ1v) is 9.68. The Kier molecular flexibility index (Phi) is 7.83. The van der Waals surface area contributed by atoms with E-state index < -0.39 is 29.6 Å². The molecule has 1 heterocycles. The number of hydrogen-bond acceptors (Lipinski definition) is 5. The van der Waals surface area contributed by atoms with E-state index in [0.717, 1.165) is 18.6 Å². The van der Waals surface area contributed by atoms with Gasteiger partial charge in [-0.25, -0.2) is 9.18 Å². The summed E-state index contributed by atoms with van der Waals surface area (Å²) in [5, 5.41) is 0.0202. The number of anilines is 2. The van der Waals surface area contributed by atoms with Crippen LogP contribution in [-0.4, -0.2) is 28.6 Å². The molecule has 0 radical (unpaired) electrons. The van der Waals surface area contributed by atoms with Crippen molar-refractivity contribution < 1.29 is 13.9 Å². The Morgan fingerprint density at radius 1 is 1.31 bits per heavy atom. The smallest absolute Gasteiger partial charge is 0.330 e. The highest BCUT2D eigenvalue weighted by Crippen LogP contribution is 2.25. The summed E-state index contributed by atoms with van der Waals surface area (Å²) in [6, 6.07) is 3.54. The molecule has 0 fully saturated rings. The number of ether oxygens (including phenoxy) is 1. The molecule has 158 valence electrons. The summed E-state index contributed by atoms with van der Waals surface area (Å²) in [6.07, 6.45) is 1.99. The molecular weight excluding hydrogens is 403 g/mol. The van der Waals surface area contributed by atoms with Crippen LogP contribution in [0.1, 0.15) is 33.1 Å². The molecule has 1 aromatic carbocycles. The van der Waals surface area contributed by atoms with Crippen molar-refractivity contribution in [1.29, 1.82) is 0 Å². The number of benzene rings is 1. The van der Waals surface area contributed by atoms with Crippen LogP contribution < -0.4 is 26.6 Å². The van der Waals surface area contributed by atoms with Crippen LogP contribution in [0.4, 0.5) is 15.9 Å². The van der Waals surface area contributed by atoms with Gasteiger partial charge in [-0.2, -0.15) is 0 Å². The SMILES string of the molecule is CCCCN(C(=O)COc1ccc(F)cc1Cl)c1c(N)n(CCC)c(=O)[nH]c1=O. The normalized spacial score (nSPS) is 10.8. The number of unbranched alkanes of at least 4 members (excludes halogenated alkanes) is 1. The van der Waals surface area contributed by atoms with Crippen LogP contribution in [0.5, 0.6) is 5.75 Å². The molecule has 2 aromatic rings. The van der Waals surface area contributed by atoms with Gasteiger partial charge in [-0.3, -0.25) is 19.1 Å². The van der Waals surface area contributed by atoms with E-state index in [-0.39, 0.29) is 28.8 Å². The number of H-pyrrole nitrogens is 1. The van der Waals surface area contributed by atoms with E-state index in [2.05, 4.69) is 4.98 Å². The maximum atomic E-state index is 13.2. The van der Waals surface area contributed by atoms with E-state index >= 15 is 0 Å². The molecule has 0 atom stereocenters. The summed E-state index contributed by atoms with van der Waals surface area (Å²) in [6.45, 7) is 3.86. The zero-order valence-corrected chi connectivity index (χ0v) is 17.1. The fraction of sp³-hybridized carbons (Fsp3) is 0.421. The van der Waals surface area contributed by atoms with Crippen molar-refractivity contribution in [3.63, 3.8) is 0 Å². The van der Waals surface area contributed by atoms with Crippen molar-refractivity contribution in [3.8, 4) is 5.75 Å². The molecule has 0 bridgehead atoms. The van der Waals surface area contributed by atoms with Crippen molar-refractivity contribution in [3.05, 3.63) is 49.9 Å². The van der Waals surface area contributed by atoms with Crippen molar-refractivity contribution in [1.82, 2.24) is 9.55 Å². The number of halogens is 2.